The number of benzene rings is 1. The summed E-state index contributed by atoms with van der Waals surface area (Å²) in [5, 5.41) is 20.0. The third kappa shape index (κ3) is 4.28. The van der Waals surface area contributed by atoms with Crippen molar-refractivity contribution in [3.05, 3.63) is 50.1 Å². The lowest BCUT2D eigenvalue weighted by Crippen LogP contribution is -2.14. The van der Waals surface area contributed by atoms with E-state index in [2.05, 4.69) is 14.7 Å². The van der Waals surface area contributed by atoms with Crippen LogP contribution in [0.3, 0.4) is 0 Å². The number of alkyl halides is 2. The van der Waals surface area contributed by atoms with Crippen LogP contribution in [-0.2, 0) is 0 Å². The van der Waals surface area contributed by atoms with Gasteiger partial charge in [-0.15, -0.1) is 0 Å². The lowest BCUT2D eigenvalue weighted by Gasteiger charge is -2.10. The summed E-state index contributed by atoms with van der Waals surface area (Å²) < 4.78 is 33.8. The van der Waals surface area contributed by atoms with Crippen LogP contribution in [0.25, 0.3) is 12.2 Å². The Kier molecular flexibility index (Phi) is 5.27. The van der Waals surface area contributed by atoms with Gasteiger partial charge in [0.2, 0.25) is 0 Å². The van der Waals surface area contributed by atoms with E-state index < -0.39 is 28.7 Å². The van der Waals surface area contributed by atoms with E-state index in [1.165, 1.54) is 37.5 Å². The number of hydrogen-bond donors (Lipinski definition) is 2. The second-order valence-electron chi connectivity index (χ2n) is 4.50. The minimum Gasteiger partial charge on any atom is -0.493 e. The number of halogens is 2. The number of aromatic hydroxyl groups is 1. The first kappa shape index (κ1) is 17.8. The zero-order chi connectivity index (χ0) is 18.6. The van der Waals surface area contributed by atoms with Crippen molar-refractivity contribution in [2.24, 2.45) is 0 Å². The molecule has 25 heavy (non-hydrogen) atoms. The molecule has 1 heterocycles. The van der Waals surface area contributed by atoms with Crippen LogP contribution in [-0.4, -0.2) is 33.7 Å². The second-order valence-corrected chi connectivity index (χ2v) is 4.50. The maximum Gasteiger partial charge on any atom is 0.395 e. The summed E-state index contributed by atoms with van der Waals surface area (Å²) in [5.74, 6) is -1.27. The van der Waals surface area contributed by atoms with Crippen molar-refractivity contribution in [1.82, 2.24) is 9.97 Å². The number of aromatic nitrogens is 2. The zero-order valence-corrected chi connectivity index (χ0v) is 12.6. The number of hydrogen-bond acceptors (Lipinski definition) is 7. The first-order chi connectivity index (χ1) is 11.8. The molecule has 9 nitrogen and oxygen atoms in total. The molecule has 0 aliphatic carbocycles. The summed E-state index contributed by atoms with van der Waals surface area (Å²) >= 11 is 0. The predicted octanol–water partition coefficient (Wildman–Crippen LogP) is 2.16. The van der Waals surface area contributed by atoms with E-state index >= 15 is 0 Å². The van der Waals surface area contributed by atoms with Crippen LogP contribution in [0.4, 0.5) is 14.5 Å². The van der Waals surface area contributed by atoms with E-state index in [1.54, 1.807) is 0 Å². The van der Waals surface area contributed by atoms with E-state index in [4.69, 9.17) is 4.74 Å². The molecule has 0 amide bonds. The lowest BCUT2D eigenvalue weighted by molar-refractivity contribution is -0.387. The van der Waals surface area contributed by atoms with E-state index in [9.17, 15) is 28.8 Å². The molecule has 0 saturated carbocycles. The highest BCUT2D eigenvalue weighted by Crippen LogP contribution is 2.30. The predicted molar refractivity (Wildman–Crippen MR) is 81.7 cm³/mol. The fourth-order valence-electron chi connectivity index (χ4n) is 1.87. The summed E-state index contributed by atoms with van der Waals surface area (Å²) in [4.78, 5) is 26.7. The van der Waals surface area contributed by atoms with Crippen molar-refractivity contribution in [1.29, 1.82) is 0 Å². The number of nitro groups is 1. The van der Waals surface area contributed by atoms with Gasteiger partial charge in [-0.2, -0.15) is 13.8 Å². The van der Waals surface area contributed by atoms with Crippen LogP contribution in [0.2, 0.25) is 0 Å². The molecule has 132 valence electrons. The molecule has 1 aromatic heterocycles. The molecule has 0 unspecified atom stereocenters. The van der Waals surface area contributed by atoms with Gasteiger partial charge >= 0.3 is 17.9 Å². The maximum atomic E-state index is 12.3. The number of nitrogens with one attached hydrogen (secondary N) is 1. The fourth-order valence-corrected chi connectivity index (χ4v) is 1.87. The summed E-state index contributed by atoms with van der Waals surface area (Å²) in [7, 11) is 1.27. The Balaban J connectivity index is 2.30. The molecule has 0 saturated heterocycles. The van der Waals surface area contributed by atoms with Crippen LogP contribution in [0.15, 0.2) is 23.0 Å². The molecule has 0 atom stereocenters. The Morgan fingerprint density at radius 1 is 1.36 bits per heavy atom. The minimum absolute atomic E-state index is 0.0513. The first-order valence-corrected chi connectivity index (χ1v) is 6.60. The van der Waals surface area contributed by atoms with Gasteiger partial charge in [-0.25, -0.2) is 0 Å². The second kappa shape index (κ2) is 7.38. The number of ether oxygens (including phenoxy) is 2. The van der Waals surface area contributed by atoms with Gasteiger partial charge in [0, 0.05) is 0 Å². The Bertz CT molecular complexity index is 881. The SMILES string of the molecule is COc1cc(/C=C/c2nc(O)c([N+](=O)[O-])c(=O)[nH]2)ccc1OC(F)F. The summed E-state index contributed by atoms with van der Waals surface area (Å²) in [6.45, 7) is -3.01. The summed E-state index contributed by atoms with van der Waals surface area (Å²) in [5.41, 5.74) is -1.71. The van der Waals surface area contributed by atoms with E-state index in [1.807, 2.05) is 0 Å². The van der Waals surface area contributed by atoms with Crippen molar-refractivity contribution < 1.29 is 28.3 Å². The molecule has 2 aromatic rings. The summed E-state index contributed by atoms with van der Waals surface area (Å²) in [6.07, 6.45) is 2.67. The van der Waals surface area contributed by atoms with Gasteiger partial charge in [0.25, 0.3) is 5.88 Å². The molecular formula is C14H11F2N3O6. The monoisotopic (exact) mass is 355 g/mol. The van der Waals surface area contributed by atoms with Crippen LogP contribution >= 0.6 is 0 Å². The van der Waals surface area contributed by atoms with Gasteiger partial charge in [0.1, 0.15) is 5.82 Å². The highest BCUT2D eigenvalue weighted by Gasteiger charge is 2.21. The highest BCUT2D eigenvalue weighted by molar-refractivity contribution is 5.68. The van der Waals surface area contributed by atoms with E-state index in [0.29, 0.717) is 5.56 Å². The van der Waals surface area contributed by atoms with Crippen LogP contribution < -0.4 is 15.0 Å². The van der Waals surface area contributed by atoms with E-state index in [0.717, 1.165) is 0 Å². The largest absolute Gasteiger partial charge is 0.493 e. The lowest BCUT2D eigenvalue weighted by atomic mass is 10.2. The van der Waals surface area contributed by atoms with Gasteiger partial charge in [-0.3, -0.25) is 14.9 Å². The standard InChI is InChI=1S/C14H11F2N3O6/c1-24-9-6-7(2-4-8(9)25-14(15)16)3-5-10-17-12(20)11(19(22)23)13(21)18-10/h2-6,14H,1H3,(H2,17,18,20,21)/b5-3+. The first-order valence-electron chi connectivity index (χ1n) is 6.60. The van der Waals surface area contributed by atoms with Crippen LogP contribution in [0.5, 0.6) is 17.4 Å². The highest BCUT2D eigenvalue weighted by atomic mass is 19.3. The van der Waals surface area contributed by atoms with Crippen molar-refractivity contribution in [2.75, 3.05) is 7.11 Å². The van der Waals surface area contributed by atoms with Crippen molar-refractivity contribution in [3.8, 4) is 17.4 Å². The van der Waals surface area contributed by atoms with Crippen LogP contribution in [0.1, 0.15) is 11.4 Å². The molecule has 0 bridgehead atoms. The molecule has 0 aliphatic rings. The number of aromatic amines is 1. The number of nitrogens with zero attached hydrogens (tertiary/aromatic N) is 2. The van der Waals surface area contributed by atoms with Gasteiger partial charge in [-0.05, 0) is 23.8 Å². The summed E-state index contributed by atoms with van der Waals surface area (Å²) in [6, 6.07) is 4.08. The topological polar surface area (TPSA) is 128 Å². The van der Waals surface area contributed by atoms with Crippen molar-refractivity contribution >= 4 is 17.8 Å². The molecule has 1 aromatic carbocycles. The molecule has 2 rings (SSSR count). The maximum absolute atomic E-state index is 12.3. The Hall–Kier alpha value is -3.50. The molecule has 2 N–H and O–H groups in total. The Morgan fingerprint density at radius 3 is 2.64 bits per heavy atom. The molecule has 0 radical (unpaired) electrons. The quantitative estimate of drug-likeness (QED) is 0.600. The normalized spacial score (nSPS) is 11.0. The number of methoxy groups -OCH3 is 1. The number of H-pyrrole nitrogens is 1. The molecule has 11 heteroatoms. The fraction of sp³-hybridized carbons (Fsp3) is 0.143. The van der Waals surface area contributed by atoms with Crippen molar-refractivity contribution in [3.63, 3.8) is 0 Å². The van der Waals surface area contributed by atoms with Gasteiger partial charge in [0.05, 0.1) is 12.0 Å². The Labute approximate surface area is 138 Å². The average Bonchev–Trinajstić information content (AvgIpc) is 2.52. The van der Waals surface area contributed by atoms with Gasteiger partial charge in [-0.1, -0.05) is 12.1 Å². The smallest absolute Gasteiger partial charge is 0.395 e. The molecule has 0 fully saturated rings. The average molecular weight is 355 g/mol. The van der Waals surface area contributed by atoms with Crippen LogP contribution in [0, 0.1) is 10.1 Å². The third-order valence-corrected chi connectivity index (χ3v) is 2.91. The van der Waals surface area contributed by atoms with Gasteiger partial charge < -0.3 is 19.6 Å². The Morgan fingerprint density at radius 2 is 2.08 bits per heavy atom. The van der Waals surface area contributed by atoms with E-state index in [-0.39, 0.29) is 17.3 Å². The minimum atomic E-state index is -3.01. The van der Waals surface area contributed by atoms with Crippen molar-refractivity contribution in [2.45, 2.75) is 6.61 Å². The molecule has 0 spiro atoms. The number of rotatable bonds is 6. The zero-order valence-electron chi connectivity index (χ0n) is 12.6. The molecular weight excluding hydrogens is 344 g/mol. The third-order valence-electron chi connectivity index (χ3n) is 2.91. The molecule has 0 aliphatic heterocycles. The van der Waals surface area contributed by atoms with Gasteiger partial charge in [0.15, 0.2) is 11.5 Å².